The maximum atomic E-state index is 12.8. The molecule has 1 aliphatic carbocycles. The average Bonchev–Trinajstić information content (AvgIpc) is 2.77. The summed E-state index contributed by atoms with van der Waals surface area (Å²) in [6.45, 7) is 0. The summed E-state index contributed by atoms with van der Waals surface area (Å²) in [6.07, 6.45) is 2.15. The van der Waals surface area contributed by atoms with E-state index >= 15 is 0 Å². The molecule has 0 atom stereocenters. The second kappa shape index (κ2) is 4.41. The molecular formula is C12H12FN3S. The number of halogens is 1. The third kappa shape index (κ3) is 2.29. The molecule has 0 radical (unpaired) electrons. The van der Waals surface area contributed by atoms with Crippen LogP contribution in [0.5, 0.6) is 0 Å². The van der Waals surface area contributed by atoms with E-state index in [-0.39, 0.29) is 5.82 Å². The van der Waals surface area contributed by atoms with Gasteiger partial charge in [0, 0.05) is 6.04 Å². The van der Waals surface area contributed by atoms with Crippen molar-refractivity contribution in [3.63, 3.8) is 0 Å². The molecule has 1 fully saturated rings. The van der Waals surface area contributed by atoms with E-state index in [0.717, 1.165) is 18.0 Å². The minimum atomic E-state index is -0.170. The van der Waals surface area contributed by atoms with Crippen LogP contribution in [0.4, 0.5) is 9.52 Å². The Labute approximate surface area is 103 Å². The first-order valence-electron chi connectivity index (χ1n) is 5.59. The Bertz CT molecular complexity index is 477. The SMILES string of the molecule is Fc1ccc(C2CC(Nc3nncs3)C2)cc1. The monoisotopic (exact) mass is 249 g/mol. The predicted octanol–water partition coefficient (Wildman–Crippen LogP) is 3.04. The lowest BCUT2D eigenvalue weighted by Crippen LogP contribution is -2.33. The van der Waals surface area contributed by atoms with Gasteiger partial charge in [0.05, 0.1) is 0 Å². The van der Waals surface area contributed by atoms with Crippen LogP contribution in [0.1, 0.15) is 24.3 Å². The topological polar surface area (TPSA) is 37.8 Å². The molecule has 0 bridgehead atoms. The van der Waals surface area contributed by atoms with Crippen LogP contribution in [-0.2, 0) is 0 Å². The molecule has 1 aromatic heterocycles. The zero-order chi connectivity index (χ0) is 11.7. The van der Waals surface area contributed by atoms with Crippen LogP contribution in [0.25, 0.3) is 0 Å². The predicted molar refractivity (Wildman–Crippen MR) is 65.7 cm³/mol. The molecule has 0 aliphatic heterocycles. The number of rotatable bonds is 3. The van der Waals surface area contributed by atoms with Crippen molar-refractivity contribution >= 4 is 16.5 Å². The van der Waals surface area contributed by atoms with Gasteiger partial charge in [-0.05, 0) is 36.5 Å². The van der Waals surface area contributed by atoms with Crippen LogP contribution in [0.15, 0.2) is 29.8 Å². The Morgan fingerprint density at radius 1 is 1.24 bits per heavy atom. The Kier molecular flexibility index (Phi) is 2.76. The summed E-state index contributed by atoms with van der Waals surface area (Å²) in [6, 6.07) is 7.28. The van der Waals surface area contributed by atoms with Gasteiger partial charge in [-0.2, -0.15) is 0 Å². The van der Waals surface area contributed by atoms with Crippen molar-refractivity contribution in [1.29, 1.82) is 0 Å². The molecule has 0 unspecified atom stereocenters. The summed E-state index contributed by atoms with van der Waals surface area (Å²) < 4.78 is 12.8. The molecule has 1 N–H and O–H groups in total. The van der Waals surface area contributed by atoms with Crippen molar-refractivity contribution in [2.24, 2.45) is 0 Å². The van der Waals surface area contributed by atoms with Crippen molar-refractivity contribution in [2.45, 2.75) is 24.8 Å². The van der Waals surface area contributed by atoms with Crippen LogP contribution in [0, 0.1) is 5.82 Å². The van der Waals surface area contributed by atoms with Gasteiger partial charge in [0.25, 0.3) is 0 Å². The molecule has 1 heterocycles. The average molecular weight is 249 g/mol. The summed E-state index contributed by atoms with van der Waals surface area (Å²) >= 11 is 1.52. The van der Waals surface area contributed by atoms with Crippen molar-refractivity contribution < 1.29 is 4.39 Å². The largest absolute Gasteiger partial charge is 0.357 e. The van der Waals surface area contributed by atoms with E-state index in [1.165, 1.54) is 29.0 Å². The van der Waals surface area contributed by atoms with Gasteiger partial charge in [-0.25, -0.2) is 4.39 Å². The first-order valence-corrected chi connectivity index (χ1v) is 6.47. The molecule has 17 heavy (non-hydrogen) atoms. The molecule has 3 rings (SSSR count). The second-order valence-corrected chi connectivity index (χ2v) is 5.14. The first-order chi connectivity index (χ1) is 8.31. The van der Waals surface area contributed by atoms with Crippen LogP contribution in [0.2, 0.25) is 0 Å². The normalized spacial score (nSPS) is 23.1. The summed E-state index contributed by atoms with van der Waals surface area (Å²) in [5.74, 6) is 0.373. The third-order valence-electron chi connectivity index (χ3n) is 3.17. The lowest BCUT2D eigenvalue weighted by molar-refractivity contribution is 0.373. The Balaban J connectivity index is 1.56. The van der Waals surface area contributed by atoms with E-state index in [1.54, 1.807) is 5.51 Å². The Hall–Kier alpha value is -1.49. The van der Waals surface area contributed by atoms with Gasteiger partial charge in [-0.3, -0.25) is 0 Å². The van der Waals surface area contributed by atoms with Gasteiger partial charge < -0.3 is 5.32 Å². The van der Waals surface area contributed by atoms with Crippen LogP contribution >= 0.6 is 11.3 Å². The van der Waals surface area contributed by atoms with Crippen molar-refractivity contribution in [3.8, 4) is 0 Å². The molecule has 0 saturated heterocycles. The fourth-order valence-electron chi connectivity index (χ4n) is 2.15. The second-order valence-electron chi connectivity index (χ2n) is 4.31. The highest BCUT2D eigenvalue weighted by Crippen LogP contribution is 2.38. The quantitative estimate of drug-likeness (QED) is 0.908. The summed E-state index contributed by atoms with van der Waals surface area (Å²) in [5, 5.41) is 12.0. The molecule has 3 nitrogen and oxygen atoms in total. The number of aromatic nitrogens is 2. The number of nitrogens with zero attached hydrogens (tertiary/aromatic N) is 2. The lowest BCUT2D eigenvalue weighted by atomic mass is 9.76. The molecule has 1 saturated carbocycles. The van der Waals surface area contributed by atoms with E-state index in [9.17, 15) is 4.39 Å². The van der Waals surface area contributed by atoms with Crippen LogP contribution in [0.3, 0.4) is 0 Å². The van der Waals surface area contributed by atoms with Crippen LogP contribution in [-0.4, -0.2) is 16.2 Å². The Morgan fingerprint density at radius 2 is 2.00 bits per heavy atom. The highest BCUT2D eigenvalue weighted by atomic mass is 32.1. The first kappa shape index (κ1) is 10.7. The van der Waals surface area contributed by atoms with Crippen molar-refractivity contribution in [2.75, 3.05) is 5.32 Å². The van der Waals surface area contributed by atoms with E-state index in [0.29, 0.717) is 12.0 Å². The minimum Gasteiger partial charge on any atom is -0.357 e. The maximum Gasteiger partial charge on any atom is 0.205 e. The highest BCUT2D eigenvalue weighted by molar-refractivity contribution is 7.13. The minimum absolute atomic E-state index is 0.170. The van der Waals surface area contributed by atoms with Crippen LogP contribution < -0.4 is 5.32 Å². The number of hydrogen-bond donors (Lipinski definition) is 1. The Morgan fingerprint density at radius 3 is 2.65 bits per heavy atom. The summed E-state index contributed by atoms with van der Waals surface area (Å²) in [5.41, 5.74) is 2.94. The number of benzene rings is 1. The van der Waals surface area contributed by atoms with Crippen molar-refractivity contribution in [1.82, 2.24) is 10.2 Å². The number of nitrogens with one attached hydrogen (secondary N) is 1. The zero-order valence-electron chi connectivity index (χ0n) is 9.14. The summed E-state index contributed by atoms with van der Waals surface area (Å²) in [4.78, 5) is 0. The molecule has 0 spiro atoms. The van der Waals surface area contributed by atoms with E-state index < -0.39 is 0 Å². The van der Waals surface area contributed by atoms with Gasteiger partial charge >= 0.3 is 0 Å². The van der Waals surface area contributed by atoms with Gasteiger partial charge in [-0.1, -0.05) is 23.5 Å². The van der Waals surface area contributed by atoms with Crippen molar-refractivity contribution in [3.05, 3.63) is 41.2 Å². The maximum absolute atomic E-state index is 12.8. The third-order valence-corrected chi connectivity index (χ3v) is 3.79. The fraction of sp³-hybridized carbons (Fsp3) is 0.333. The smallest absolute Gasteiger partial charge is 0.205 e. The molecular weight excluding hydrogens is 237 g/mol. The van der Waals surface area contributed by atoms with E-state index in [4.69, 9.17) is 0 Å². The molecule has 5 heteroatoms. The zero-order valence-corrected chi connectivity index (χ0v) is 9.95. The fourth-order valence-corrected chi connectivity index (χ4v) is 2.68. The standard InChI is InChI=1S/C12H12FN3S/c13-10-3-1-8(2-4-10)9-5-11(6-9)15-12-16-14-7-17-12/h1-4,7,9,11H,5-6H2,(H,15,16). The van der Waals surface area contributed by atoms with E-state index in [2.05, 4.69) is 15.5 Å². The molecule has 1 aromatic carbocycles. The molecule has 88 valence electrons. The molecule has 2 aromatic rings. The van der Waals surface area contributed by atoms with E-state index in [1.807, 2.05) is 12.1 Å². The number of anilines is 1. The highest BCUT2D eigenvalue weighted by Gasteiger charge is 2.30. The molecule has 0 amide bonds. The van der Waals surface area contributed by atoms with Gasteiger partial charge in [0.2, 0.25) is 5.13 Å². The van der Waals surface area contributed by atoms with Gasteiger partial charge in [0.15, 0.2) is 0 Å². The number of hydrogen-bond acceptors (Lipinski definition) is 4. The van der Waals surface area contributed by atoms with Gasteiger partial charge in [-0.15, -0.1) is 10.2 Å². The van der Waals surface area contributed by atoms with Gasteiger partial charge in [0.1, 0.15) is 11.3 Å². The summed E-state index contributed by atoms with van der Waals surface area (Å²) in [7, 11) is 0. The molecule has 1 aliphatic rings. The lowest BCUT2D eigenvalue weighted by Gasteiger charge is -2.36.